The average molecular weight is 329 g/mol. The van der Waals surface area contributed by atoms with E-state index >= 15 is 0 Å². The van der Waals surface area contributed by atoms with Crippen molar-refractivity contribution >= 4 is 5.91 Å². The van der Waals surface area contributed by atoms with E-state index in [1.807, 2.05) is 0 Å². The largest absolute Gasteiger partial charge is 0.353 e. The number of benzene rings is 1. The quantitative estimate of drug-likeness (QED) is 0.806. The Bertz CT molecular complexity index is 491. The number of carbonyl (C=O) groups is 1. The van der Waals surface area contributed by atoms with Gasteiger partial charge in [-0.15, -0.1) is 0 Å². The molecule has 1 amide bonds. The number of nitrogens with zero attached hydrogens (tertiary/aromatic N) is 1. The first-order chi connectivity index (χ1) is 11.8. The zero-order valence-corrected chi connectivity index (χ0v) is 14.7. The molecule has 4 heteroatoms. The van der Waals surface area contributed by atoms with Crippen molar-refractivity contribution in [2.24, 2.45) is 5.92 Å². The van der Waals surface area contributed by atoms with Gasteiger partial charge in [0.05, 0.1) is 0 Å². The first kappa shape index (κ1) is 17.4. The van der Waals surface area contributed by atoms with Crippen molar-refractivity contribution in [1.29, 1.82) is 0 Å². The number of amides is 1. The van der Waals surface area contributed by atoms with E-state index in [1.165, 1.54) is 12.0 Å². The van der Waals surface area contributed by atoms with Gasteiger partial charge in [-0.2, -0.15) is 0 Å². The van der Waals surface area contributed by atoms with Gasteiger partial charge in [-0.1, -0.05) is 30.3 Å². The van der Waals surface area contributed by atoms with Gasteiger partial charge in [0.1, 0.15) is 0 Å². The monoisotopic (exact) mass is 329 g/mol. The molecule has 132 valence electrons. The van der Waals surface area contributed by atoms with Gasteiger partial charge in [0.2, 0.25) is 5.91 Å². The molecule has 1 aromatic carbocycles. The van der Waals surface area contributed by atoms with Crippen molar-refractivity contribution in [3.8, 4) is 0 Å². The molecule has 3 rings (SSSR count). The Balaban J connectivity index is 1.29. The molecule has 1 atom stereocenters. The van der Waals surface area contributed by atoms with Crippen molar-refractivity contribution in [3.05, 3.63) is 35.9 Å². The minimum absolute atomic E-state index is 0.254. The molecular weight excluding hydrogens is 298 g/mol. The maximum Gasteiger partial charge on any atom is 0.220 e. The Morgan fingerprint density at radius 3 is 2.67 bits per heavy atom. The molecule has 4 nitrogen and oxygen atoms in total. The Morgan fingerprint density at radius 2 is 1.96 bits per heavy atom. The van der Waals surface area contributed by atoms with Crippen LogP contribution in [0.2, 0.25) is 0 Å². The highest BCUT2D eigenvalue weighted by Gasteiger charge is 2.21. The van der Waals surface area contributed by atoms with Crippen molar-refractivity contribution in [2.45, 2.75) is 44.6 Å². The van der Waals surface area contributed by atoms with E-state index in [4.69, 9.17) is 0 Å². The summed E-state index contributed by atoms with van der Waals surface area (Å²) in [5.74, 6) is 0.959. The molecule has 2 N–H and O–H groups in total. The van der Waals surface area contributed by atoms with Crippen LogP contribution < -0.4 is 10.6 Å². The van der Waals surface area contributed by atoms with E-state index in [0.717, 1.165) is 58.4 Å². The molecule has 0 bridgehead atoms. The molecule has 0 radical (unpaired) electrons. The van der Waals surface area contributed by atoms with Crippen molar-refractivity contribution < 1.29 is 4.79 Å². The second-order valence-corrected chi connectivity index (χ2v) is 7.32. The van der Waals surface area contributed by atoms with E-state index in [1.54, 1.807) is 0 Å². The molecule has 0 saturated carbocycles. The number of hydrogen-bond donors (Lipinski definition) is 2. The van der Waals surface area contributed by atoms with E-state index in [2.05, 4.69) is 45.9 Å². The summed E-state index contributed by atoms with van der Waals surface area (Å²) in [6.45, 7) is 5.54. The SMILES string of the molecule is O=C(CCC1CCNC1)NC1CCN(CCc2ccccc2)CC1. The van der Waals surface area contributed by atoms with Crippen molar-refractivity contribution in [2.75, 3.05) is 32.7 Å². The molecule has 1 aromatic rings. The Labute approximate surface area is 146 Å². The van der Waals surface area contributed by atoms with Crippen LogP contribution in [0, 0.1) is 5.92 Å². The number of rotatable bonds is 7. The highest BCUT2D eigenvalue weighted by Crippen LogP contribution is 2.15. The topological polar surface area (TPSA) is 44.4 Å². The molecule has 2 aliphatic heterocycles. The summed E-state index contributed by atoms with van der Waals surface area (Å²) in [4.78, 5) is 14.6. The smallest absolute Gasteiger partial charge is 0.220 e. The van der Waals surface area contributed by atoms with Crippen LogP contribution in [-0.2, 0) is 11.2 Å². The van der Waals surface area contributed by atoms with Gasteiger partial charge in [-0.25, -0.2) is 0 Å². The Kier molecular flexibility index (Phi) is 6.67. The number of hydrogen-bond acceptors (Lipinski definition) is 3. The van der Waals surface area contributed by atoms with E-state index < -0.39 is 0 Å². The molecule has 2 fully saturated rings. The lowest BCUT2D eigenvalue weighted by Crippen LogP contribution is -2.45. The minimum atomic E-state index is 0.254. The van der Waals surface area contributed by atoms with Crippen molar-refractivity contribution in [3.63, 3.8) is 0 Å². The highest BCUT2D eigenvalue weighted by molar-refractivity contribution is 5.76. The molecule has 0 aliphatic carbocycles. The fourth-order valence-electron chi connectivity index (χ4n) is 3.83. The summed E-state index contributed by atoms with van der Waals surface area (Å²) in [6.07, 6.45) is 6.26. The zero-order chi connectivity index (χ0) is 16.6. The zero-order valence-electron chi connectivity index (χ0n) is 14.7. The highest BCUT2D eigenvalue weighted by atomic mass is 16.1. The summed E-state index contributed by atoms with van der Waals surface area (Å²) in [5, 5.41) is 6.62. The number of nitrogens with one attached hydrogen (secondary N) is 2. The second-order valence-electron chi connectivity index (χ2n) is 7.32. The maximum atomic E-state index is 12.1. The summed E-state index contributed by atoms with van der Waals surface area (Å²) < 4.78 is 0. The predicted molar refractivity (Wildman–Crippen MR) is 98.0 cm³/mol. The number of piperidine rings is 1. The van der Waals surface area contributed by atoms with Gasteiger partial charge in [0.15, 0.2) is 0 Å². The third-order valence-electron chi connectivity index (χ3n) is 5.45. The van der Waals surface area contributed by atoms with Crippen LogP contribution >= 0.6 is 0 Å². The Hall–Kier alpha value is -1.39. The van der Waals surface area contributed by atoms with Gasteiger partial charge in [0, 0.05) is 32.1 Å². The van der Waals surface area contributed by atoms with E-state index in [0.29, 0.717) is 18.4 Å². The van der Waals surface area contributed by atoms with Gasteiger partial charge in [-0.05, 0) is 56.7 Å². The molecule has 1 unspecified atom stereocenters. The van der Waals surface area contributed by atoms with Crippen LogP contribution in [0.4, 0.5) is 0 Å². The first-order valence-electron chi connectivity index (χ1n) is 9.56. The third kappa shape index (κ3) is 5.60. The summed E-state index contributed by atoms with van der Waals surface area (Å²) in [7, 11) is 0. The summed E-state index contributed by atoms with van der Waals surface area (Å²) in [6, 6.07) is 11.1. The molecular formula is C20H31N3O. The van der Waals surface area contributed by atoms with Crippen LogP contribution in [0.25, 0.3) is 0 Å². The predicted octanol–water partition coefficient (Wildman–Crippen LogP) is 2.20. The molecule has 0 aromatic heterocycles. The van der Waals surface area contributed by atoms with Crippen LogP contribution in [-0.4, -0.2) is 49.6 Å². The Morgan fingerprint density at radius 1 is 1.17 bits per heavy atom. The van der Waals surface area contributed by atoms with Gasteiger partial charge < -0.3 is 15.5 Å². The van der Waals surface area contributed by atoms with Crippen LogP contribution in [0.5, 0.6) is 0 Å². The fraction of sp³-hybridized carbons (Fsp3) is 0.650. The third-order valence-corrected chi connectivity index (χ3v) is 5.45. The fourth-order valence-corrected chi connectivity index (χ4v) is 3.83. The molecule has 2 saturated heterocycles. The van der Waals surface area contributed by atoms with Crippen molar-refractivity contribution in [1.82, 2.24) is 15.5 Å². The van der Waals surface area contributed by atoms with Crippen LogP contribution in [0.3, 0.4) is 0 Å². The van der Waals surface area contributed by atoms with Crippen LogP contribution in [0.1, 0.15) is 37.7 Å². The lowest BCUT2D eigenvalue weighted by Gasteiger charge is -2.32. The summed E-state index contributed by atoms with van der Waals surface area (Å²) in [5.41, 5.74) is 1.41. The van der Waals surface area contributed by atoms with Gasteiger partial charge in [-0.3, -0.25) is 4.79 Å². The minimum Gasteiger partial charge on any atom is -0.353 e. The molecule has 0 spiro atoms. The normalized spacial score (nSPS) is 22.6. The number of carbonyl (C=O) groups excluding carboxylic acids is 1. The first-order valence-corrected chi connectivity index (χ1v) is 9.56. The summed E-state index contributed by atoms with van der Waals surface area (Å²) >= 11 is 0. The maximum absolute atomic E-state index is 12.1. The van der Waals surface area contributed by atoms with E-state index in [-0.39, 0.29) is 5.91 Å². The lowest BCUT2D eigenvalue weighted by atomic mass is 10.0. The second kappa shape index (κ2) is 9.19. The lowest BCUT2D eigenvalue weighted by molar-refractivity contribution is -0.122. The van der Waals surface area contributed by atoms with Gasteiger partial charge >= 0.3 is 0 Å². The molecule has 24 heavy (non-hydrogen) atoms. The molecule has 2 heterocycles. The number of likely N-dealkylation sites (tertiary alicyclic amines) is 1. The van der Waals surface area contributed by atoms with Crippen LogP contribution in [0.15, 0.2) is 30.3 Å². The average Bonchev–Trinajstić information content (AvgIpc) is 3.14. The van der Waals surface area contributed by atoms with E-state index in [9.17, 15) is 4.79 Å². The van der Waals surface area contributed by atoms with Gasteiger partial charge in [0.25, 0.3) is 0 Å². The molecule has 2 aliphatic rings. The standard InChI is InChI=1S/C20H31N3O/c24-20(7-6-18-8-12-21-16-18)22-19-10-14-23(15-11-19)13-9-17-4-2-1-3-5-17/h1-5,18-19,21H,6-16H2,(H,22,24).